The summed E-state index contributed by atoms with van der Waals surface area (Å²) in [5, 5.41) is 28.3. The van der Waals surface area contributed by atoms with Gasteiger partial charge < -0.3 is 30.9 Å². The topological polar surface area (TPSA) is 174 Å². The molecule has 1 aliphatic heterocycles. The second-order valence-corrected chi connectivity index (χ2v) is 10.4. The van der Waals surface area contributed by atoms with Crippen molar-refractivity contribution in [2.75, 3.05) is 31.8 Å². The summed E-state index contributed by atoms with van der Waals surface area (Å²) in [6.45, 7) is 0.0891. The second kappa shape index (κ2) is 13.2. The summed E-state index contributed by atoms with van der Waals surface area (Å²) in [5.74, 6) is -1.46. The number of carbonyl (C=O) groups excluding carboxylic acids is 3. The average Bonchev–Trinajstić information content (AvgIpc) is 3.90. The van der Waals surface area contributed by atoms with Gasteiger partial charge in [-0.2, -0.15) is 5.26 Å². The van der Waals surface area contributed by atoms with Crippen LogP contribution in [0.1, 0.15) is 40.2 Å². The molecule has 14 heteroatoms. The van der Waals surface area contributed by atoms with Crippen molar-refractivity contribution in [2.24, 2.45) is 5.92 Å². The van der Waals surface area contributed by atoms with Crippen LogP contribution in [0.15, 0.2) is 60.7 Å². The van der Waals surface area contributed by atoms with Gasteiger partial charge in [0.05, 0.1) is 42.4 Å². The van der Waals surface area contributed by atoms with Gasteiger partial charge in [-0.1, -0.05) is 12.1 Å². The van der Waals surface area contributed by atoms with E-state index < -0.39 is 23.7 Å². The van der Waals surface area contributed by atoms with Crippen LogP contribution in [0.2, 0.25) is 0 Å². The van der Waals surface area contributed by atoms with E-state index in [1.807, 2.05) is 6.07 Å². The SMILES string of the molecule is CNC(=O)c1nnc(NC(=O)C2CC2)cc1Nc1cccc(C2=CNC(C(=O)N(C)Cc3cc(C#N)ccn3)C(F)=C2)c1OC. The highest BCUT2D eigenvalue weighted by Crippen LogP contribution is 2.38. The Kier molecular flexibility index (Phi) is 8.99. The van der Waals surface area contributed by atoms with Crippen LogP contribution in [0, 0.1) is 17.2 Å². The number of nitriles is 1. The molecule has 13 nitrogen and oxygen atoms in total. The second-order valence-electron chi connectivity index (χ2n) is 10.4. The van der Waals surface area contributed by atoms with Crippen molar-refractivity contribution in [2.45, 2.75) is 25.4 Å². The number of benzene rings is 1. The lowest BCUT2D eigenvalue weighted by molar-refractivity contribution is -0.132. The predicted octanol–water partition coefficient (Wildman–Crippen LogP) is 3.03. The summed E-state index contributed by atoms with van der Waals surface area (Å²) in [6, 6.07) is 10.5. The third kappa shape index (κ3) is 6.88. The van der Waals surface area contributed by atoms with Crippen LogP contribution in [-0.4, -0.2) is 65.0 Å². The smallest absolute Gasteiger partial charge is 0.273 e. The number of nitrogens with one attached hydrogen (secondary N) is 4. The monoisotopic (exact) mass is 611 g/mol. The maximum Gasteiger partial charge on any atom is 0.273 e. The third-order valence-corrected chi connectivity index (χ3v) is 7.18. The number of hydrogen-bond acceptors (Lipinski definition) is 10. The molecule has 1 fully saturated rings. The number of aromatic nitrogens is 3. The zero-order chi connectivity index (χ0) is 32.1. The van der Waals surface area contributed by atoms with Crippen LogP contribution in [0.4, 0.5) is 21.6 Å². The van der Waals surface area contributed by atoms with Crippen LogP contribution in [0.3, 0.4) is 0 Å². The zero-order valence-corrected chi connectivity index (χ0v) is 24.7. The van der Waals surface area contributed by atoms with Crippen molar-refractivity contribution in [3.05, 3.63) is 83.2 Å². The fourth-order valence-electron chi connectivity index (χ4n) is 4.68. The number of rotatable bonds is 10. The normalized spacial score (nSPS) is 15.4. The molecule has 0 bridgehead atoms. The van der Waals surface area contributed by atoms with Crippen LogP contribution < -0.4 is 26.0 Å². The summed E-state index contributed by atoms with van der Waals surface area (Å²) in [4.78, 5) is 43.4. The Hall–Kier alpha value is -5.84. The van der Waals surface area contributed by atoms with Gasteiger partial charge in [0.15, 0.2) is 17.6 Å². The van der Waals surface area contributed by atoms with Crippen molar-refractivity contribution >= 4 is 40.5 Å². The highest BCUT2D eigenvalue weighted by molar-refractivity contribution is 6.00. The Morgan fingerprint density at radius 2 is 1.98 bits per heavy atom. The fourth-order valence-corrected chi connectivity index (χ4v) is 4.68. The molecule has 45 heavy (non-hydrogen) atoms. The van der Waals surface area contributed by atoms with Gasteiger partial charge in [0.25, 0.3) is 11.8 Å². The number of pyridine rings is 1. The largest absolute Gasteiger partial charge is 0.494 e. The Labute approximate surface area is 258 Å². The zero-order valence-electron chi connectivity index (χ0n) is 24.7. The number of nitrogens with zero attached hydrogens (tertiary/aromatic N) is 5. The van der Waals surface area contributed by atoms with Gasteiger partial charge in [-0.3, -0.25) is 19.4 Å². The minimum atomic E-state index is -1.26. The van der Waals surface area contributed by atoms with Crippen molar-refractivity contribution in [3.63, 3.8) is 0 Å². The average molecular weight is 612 g/mol. The molecule has 230 valence electrons. The number of halogens is 1. The minimum Gasteiger partial charge on any atom is -0.494 e. The molecule has 5 rings (SSSR count). The molecule has 0 spiro atoms. The molecule has 0 radical (unpaired) electrons. The van der Waals surface area contributed by atoms with Crippen LogP contribution in [-0.2, 0) is 16.1 Å². The summed E-state index contributed by atoms with van der Waals surface area (Å²) < 4.78 is 21.1. The molecule has 1 aromatic carbocycles. The lowest BCUT2D eigenvalue weighted by Gasteiger charge is -2.26. The molecule has 3 aromatic rings. The maximum absolute atomic E-state index is 15.4. The molecule has 1 aliphatic carbocycles. The molecule has 1 unspecified atom stereocenters. The molecule has 2 aliphatic rings. The number of ether oxygens (including phenoxy) is 1. The number of dihydropyridines is 1. The van der Waals surface area contributed by atoms with Crippen LogP contribution >= 0.6 is 0 Å². The van der Waals surface area contributed by atoms with Gasteiger partial charge in [0.2, 0.25) is 5.91 Å². The number of para-hydroxylation sites is 1. The highest BCUT2D eigenvalue weighted by Gasteiger charge is 2.31. The van der Waals surface area contributed by atoms with Crippen molar-refractivity contribution in [1.82, 2.24) is 30.7 Å². The van der Waals surface area contributed by atoms with E-state index in [0.29, 0.717) is 33.8 Å². The molecule has 3 heterocycles. The first kappa shape index (κ1) is 30.6. The molecule has 0 saturated heterocycles. The van der Waals surface area contributed by atoms with Gasteiger partial charge >= 0.3 is 0 Å². The van der Waals surface area contributed by atoms with Gasteiger partial charge in [-0.05, 0) is 37.1 Å². The van der Waals surface area contributed by atoms with Gasteiger partial charge in [0.1, 0.15) is 11.6 Å². The standard InChI is InChI=1S/C31H30FN9O4/c1-34-30(43)27-24(13-25(39-40-27)38-29(42)18-7-8-18)37-23-6-4-5-21(28(23)45-3)19-12-22(32)26(36-15-19)31(44)41(2)16-20-11-17(14-33)9-10-35-20/h4-6,9-13,15,18,26,36H,7-8,16H2,1-3H3,(H,34,43)(H2,37,38,39,42). The summed E-state index contributed by atoms with van der Waals surface area (Å²) in [6.07, 6.45) is 5.87. The Morgan fingerprint density at radius 1 is 1.18 bits per heavy atom. The van der Waals surface area contributed by atoms with Gasteiger partial charge in [0, 0.05) is 49.6 Å². The number of carbonyl (C=O) groups is 3. The summed E-state index contributed by atoms with van der Waals surface area (Å²) in [7, 11) is 4.43. The molecular formula is C31H30FN9O4. The van der Waals surface area contributed by atoms with Crippen molar-refractivity contribution in [1.29, 1.82) is 5.26 Å². The van der Waals surface area contributed by atoms with E-state index >= 15 is 4.39 Å². The van der Waals surface area contributed by atoms with Crippen LogP contribution in [0.25, 0.3) is 5.57 Å². The summed E-state index contributed by atoms with van der Waals surface area (Å²) >= 11 is 0. The van der Waals surface area contributed by atoms with E-state index in [9.17, 15) is 14.4 Å². The molecule has 1 atom stereocenters. The lowest BCUT2D eigenvalue weighted by Crippen LogP contribution is -2.44. The number of allylic oxidation sites excluding steroid dienone is 2. The number of likely N-dealkylation sites (N-methyl/N-ethyl adjacent to an activating group) is 1. The lowest BCUT2D eigenvalue weighted by atomic mass is 9.99. The van der Waals surface area contributed by atoms with Crippen molar-refractivity contribution < 1.29 is 23.5 Å². The van der Waals surface area contributed by atoms with Gasteiger partial charge in [-0.15, -0.1) is 10.2 Å². The molecule has 4 N–H and O–H groups in total. The van der Waals surface area contributed by atoms with Crippen LogP contribution in [0.5, 0.6) is 5.75 Å². The van der Waals surface area contributed by atoms with E-state index in [2.05, 4.69) is 36.4 Å². The number of anilines is 3. The quantitative estimate of drug-likeness (QED) is 0.267. The number of amides is 3. The maximum atomic E-state index is 15.4. The van der Waals surface area contributed by atoms with E-state index in [1.165, 1.54) is 50.6 Å². The molecule has 3 amide bonds. The first-order valence-electron chi connectivity index (χ1n) is 14.0. The predicted molar refractivity (Wildman–Crippen MR) is 163 cm³/mol. The highest BCUT2D eigenvalue weighted by atomic mass is 19.1. The molecule has 2 aromatic heterocycles. The Balaban J connectivity index is 1.37. The first-order valence-corrected chi connectivity index (χ1v) is 14.0. The van der Waals surface area contributed by atoms with Crippen molar-refractivity contribution in [3.8, 4) is 11.8 Å². The van der Waals surface area contributed by atoms with E-state index in [1.54, 1.807) is 30.3 Å². The van der Waals surface area contributed by atoms with E-state index in [-0.39, 0.29) is 35.6 Å². The molecular weight excluding hydrogens is 581 g/mol. The fraction of sp³-hybridized carbons (Fsp3) is 0.258. The number of hydrogen-bond donors (Lipinski definition) is 4. The third-order valence-electron chi connectivity index (χ3n) is 7.18. The summed E-state index contributed by atoms with van der Waals surface area (Å²) in [5.41, 5.74) is 2.47. The van der Waals surface area contributed by atoms with E-state index in [4.69, 9.17) is 10.00 Å². The van der Waals surface area contributed by atoms with E-state index in [0.717, 1.165) is 12.8 Å². The first-order chi connectivity index (χ1) is 21.7. The van der Waals surface area contributed by atoms with Gasteiger partial charge in [-0.25, -0.2) is 4.39 Å². The molecule has 1 saturated carbocycles. The minimum absolute atomic E-state index is 0.0149. The number of methoxy groups -OCH3 is 1. The Bertz CT molecular complexity index is 1760. The Morgan fingerprint density at radius 3 is 2.67 bits per heavy atom.